The molecular weight excluding hydrogens is 933 g/mol. The van der Waals surface area contributed by atoms with Gasteiger partial charge in [-0.1, -0.05) is 127 Å². The molecule has 374 valence electrons. The summed E-state index contributed by atoms with van der Waals surface area (Å²) in [5.74, 6) is 1.38. The van der Waals surface area contributed by atoms with Gasteiger partial charge in [0.15, 0.2) is 5.78 Å². The van der Waals surface area contributed by atoms with Crippen molar-refractivity contribution in [2.45, 2.75) is 153 Å². The van der Waals surface area contributed by atoms with E-state index in [-0.39, 0.29) is 70.6 Å². The van der Waals surface area contributed by atoms with Crippen LogP contribution in [0.15, 0.2) is 60.7 Å². The summed E-state index contributed by atoms with van der Waals surface area (Å²) < 4.78 is 12.6. The Hall–Kier alpha value is -3.12. The van der Waals surface area contributed by atoms with E-state index in [0.717, 1.165) is 54.7 Å². The van der Waals surface area contributed by atoms with Crippen LogP contribution in [0.4, 0.5) is 0 Å². The minimum atomic E-state index is -0.644. The summed E-state index contributed by atoms with van der Waals surface area (Å²) in [7, 11) is 1.84. The van der Waals surface area contributed by atoms with Crippen molar-refractivity contribution in [3.05, 3.63) is 71.8 Å². The molecule has 0 radical (unpaired) electrons. The first-order valence-corrected chi connectivity index (χ1v) is 27.6. The van der Waals surface area contributed by atoms with Crippen molar-refractivity contribution >= 4 is 81.4 Å². The summed E-state index contributed by atoms with van der Waals surface area (Å²) in [6.45, 7) is 16.1. The van der Waals surface area contributed by atoms with E-state index in [9.17, 15) is 19.2 Å². The lowest BCUT2D eigenvalue weighted by Crippen LogP contribution is -2.57. The third-order valence-electron chi connectivity index (χ3n) is 14.3. The third-order valence-corrected chi connectivity index (χ3v) is 17.8. The first-order chi connectivity index (χ1) is 32.5. The van der Waals surface area contributed by atoms with E-state index in [1.165, 1.54) is 0 Å². The minimum Gasteiger partial charge on any atom is -0.381 e. The number of thiocarbonyl (C=S) groups is 2. The van der Waals surface area contributed by atoms with Gasteiger partial charge in [-0.3, -0.25) is 19.2 Å². The molecule has 4 aliphatic rings. The summed E-state index contributed by atoms with van der Waals surface area (Å²) in [4.78, 5) is 62.5. The fourth-order valence-electron chi connectivity index (χ4n) is 10.1. The Labute approximate surface area is 425 Å². The van der Waals surface area contributed by atoms with Crippen molar-refractivity contribution in [2.24, 2.45) is 16.7 Å². The first kappa shape index (κ1) is 54.2. The highest BCUT2D eigenvalue weighted by atomic mass is 32.2. The number of ketones is 1. The predicted octanol–water partition coefficient (Wildman–Crippen LogP) is 7.81. The third kappa shape index (κ3) is 13.4. The lowest BCUT2D eigenvalue weighted by atomic mass is 9.79. The molecule has 4 fully saturated rings. The fraction of sp³-hybridized carbons (Fsp3) is 0.654. The number of ether oxygens (including phenoxy) is 2. The molecular formula is C52H76N6O6S4. The van der Waals surface area contributed by atoms with Crippen LogP contribution in [0.3, 0.4) is 0 Å². The van der Waals surface area contributed by atoms with E-state index in [1.807, 2.05) is 84.4 Å². The number of thioether (sulfide) groups is 2. The molecule has 4 N–H and O–H groups in total. The first-order valence-electron chi connectivity index (χ1n) is 24.7. The Morgan fingerprint density at radius 3 is 1.79 bits per heavy atom. The molecule has 4 heterocycles. The number of benzene rings is 2. The molecule has 0 saturated carbocycles. The maximum absolute atomic E-state index is 14.6. The Bertz CT molecular complexity index is 1900. The average molecular weight is 1010 g/mol. The molecule has 3 amide bonds. The molecule has 0 aromatic heterocycles. The predicted molar refractivity (Wildman–Crippen MR) is 284 cm³/mol. The Kier molecular flexibility index (Phi) is 19.8. The highest BCUT2D eigenvalue weighted by molar-refractivity contribution is 8.00. The van der Waals surface area contributed by atoms with Gasteiger partial charge in [0.2, 0.25) is 17.7 Å². The number of unbranched alkanes of at least 4 members (excludes halogenated alkanes) is 1. The smallest absolute Gasteiger partial charge is 0.246 e. The van der Waals surface area contributed by atoms with Gasteiger partial charge >= 0.3 is 0 Å². The lowest BCUT2D eigenvalue weighted by molar-refractivity contribution is -0.142. The number of carbonyl (C=O) groups is 4. The van der Waals surface area contributed by atoms with Crippen molar-refractivity contribution < 1.29 is 28.7 Å². The van der Waals surface area contributed by atoms with Crippen molar-refractivity contribution in [2.75, 3.05) is 45.0 Å². The van der Waals surface area contributed by atoms with Crippen molar-refractivity contribution in [3.8, 4) is 0 Å². The van der Waals surface area contributed by atoms with Crippen molar-refractivity contribution in [3.63, 3.8) is 0 Å². The number of Topliss-reactive ketones (excluding diaryl/α,β-unsaturated/α-hetero) is 1. The highest BCUT2D eigenvalue weighted by Crippen LogP contribution is 2.48. The van der Waals surface area contributed by atoms with E-state index in [0.29, 0.717) is 42.6 Å². The molecule has 10 atom stereocenters. The molecule has 4 saturated heterocycles. The number of rotatable bonds is 22. The van der Waals surface area contributed by atoms with Gasteiger partial charge in [-0.05, 0) is 92.4 Å². The molecule has 0 aliphatic carbocycles. The second-order valence-electron chi connectivity index (χ2n) is 20.5. The maximum atomic E-state index is 14.6. The number of fused-ring (bicyclic) bond motifs is 2. The summed E-state index contributed by atoms with van der Waals surface area (Å²) in [6.07, 6.45) is 5.43. The van der Waals surface area contributed by atoms with Crippen LogP contribution in [0.1, 0.15) is 123 Å². The number of hydrogen-bond acceptors (Lipinski definition) is 11. The molecule has 4 aliphatic heterocycles. The number of carbonyl (C=O) groups excluding carboxylic acids is 4. The number of likely N-dealkylation sites (N-methyl/N-ethyl adjacent to an activating group) is 1. The summed E-state index contributed by atoms with van der Waals surface area (Å²) in [5, 5.41) is 13.0. The molecule has 6 rings (SSSR count). The maximum Gasteiger partial charge on any atom is 0.246 e. The van der Waals surface area contributed by atoms with Crippen LogP contribution in [0, 0.1) is 16.7 Å². The zero-order valence-electron chi connectivity index (χ0n) is 41.4. The second-order valence-corrected chi connectivity index (χ2v) is 23.9. The average Bonchev–Trinajstić information content (AvgIpc) is 3.64. The van der Waals surface area contributed by atoms with E-state index in [2.05, 4.69) is 62.8 Å². The van der Waals surface area contributed by atoms with Crippen LogP contribution in [0.2, 0.25) is 0 Å². The Morgan fingerprint density at radius 1 is 0.750 bits per heavy atom. The molecule has 2 aromatic rings. The minimum absolute atomic E-state index is 0.0502. The Balaban J connectivity index is 1.03. The number of nitrogens with one attached hydrogen (secondary N) is 4. The number of nitrogens with zero attached hydrogens (tertiary/aromatic N) is 2. The molecule has 12 nitrogen and oxygen atoms in total. The summed E-state index contributed by atoms with van der Waals surface area (Å²) >= 11 is 14.8. The molecule has 0 unspecified atom stereocenters. The molecule has 2 aromatic carbocycles. The number of amides is 3. The summed E-state index contributed by atoms with van der Waals surface area (Å²) in [5.41, 5.74) is 1.14. The van der Waals surface area contributed by atoms with Crippen LogP contribution in [-0.4, -0.2) is 129 Å². The summed E-state index contributed by atoms with van der Waals surface area (Å²) in [6, 6.07) is 17.3. The zero-order chi connectivity index (χ0) is 49.2. The van der Waals surface area contributed by atoms with Crippen LogP contribution < -0.4 is 21.3 Å². The van der Waals surface area contributed by atoms with Crippen molar-refractivity contribution in [1.29, 1.82) is 0 Å². The number of hydrogen-bond donors (Lipinski definition) is 4. The molecule has 0 bridgehead atoms. The lowest BCUT2D eigenvalue weighted by Gasteiger charge is -2.35. The van der Waals surface area contributed by atoms with E-state index in [1.54, 1.807) is 23.5 Å². The Morgan fingerprint density at radius 2 is 1.25 bits per heavy atom. The van der Waals surface area contributed by atoms with Gasteiger partial charge in [0.25, 0.3) is 0 Å². The van der Waals surface area contributed by atoms with Gasteiger partial charge in [0, 0.05) is 31.5 Å². The highest BCUT2D eigenvalue weighted by Gasteiger charge is 2.56. The van der Waals surface area contributed by atoms with Crippen LogP contribution >= 0.6 is 48.0 Å². The van der Waals surface area contributed by atoms with Gasteiger partial charge in [0.05, 0.1) is 52.1 Å². The molecule has 68 heavy (non-hydrogen) atoms. The van der Waals surface area contributed by atoms with Gasteiger partial charge in [-0.25, -0.2) is 0 Å². The van der Waals surface area contributed by atoms with Gasteiger partial charge in [-0.15, -0.1) is 23.5 Å². The normalized spacial score (nSPS) is 26.1. The van der Waals surface area contributed by atoms with Crippen LogP contribution in [0.25, 0.3) is 0 Å². The van der Waals surface area contributed by atoms with Gasteiger partial charge < -0.3 is 40.5 Å². The SMILES string of the molecule is CC[C@@H](C)C(=S)N[C@H]1CCS[C@H]2CC(C)(C)[C@@H](C(=O)N[C@H](COCCCCOC[C@@H](CC(=O)[C@H]3N4C(=O)[C@@H](NC(=S)[C@H](C)NC)CCS[C@H]4CC3(C)C)c3ccccc3)c3ccccc3)N2C1=O. The van der Waals surface area contributed by atoms with Crippen molar-refractivity contribution in [1.82, 2.24) is 31.1 Å². The monoisotopic (exact) mass is 1010 g/mol. The van der Waals surface area contributed by atoms with Gasteiger partial charge in [0.1, 0.15) is 18.1 Å². The second kappa shape index (κ2) is 24.8. The fourth-order valence-corrected chi connectivity index (χ4v) is 13.8. The zero-order valence-corrected chi connectivity index (χ0v) is 44.7. The van der Waals surface area contributed by atoms with E-state index in [4.69, 9.17) is 33.9 Å². The standard InChI is InChI=1S/C52H76N6O6S4/c1-9-33(2)47(65)55-38-22-26-68-43-30-52(6,7)45(58(43)50(38)62)46(60)54-40(36-20-14-11-15-21-36)32-64-25-17-16-24-63-31-37(35-18-12-10-13-19-35)28-41(59)44-51(4,5)29-42-57(44)49(61)39(23-27-67-42)56-48(66)34(3)53-8/h10-15,18-21,33-34,37-40,42-45,53H,9,16-17,22-32H2,1-8H3,(H,54,60)(H,55,65)(H,56,66)/t33-,34+,37-,38+,39+,40-,42+,43+,44-,45-/m1/s1. The molecule has 16 heteroatoms. The quantitative estimate of drug-likeness (QED) is 0.0675. The van der Waals surface area contributed by atoms with E-state index < -0.39 is 35.6 Å². The van der Waals surface area contributed by atoms with Crippen LogP contribution in [0.5, 0.6) is 0 Å². The topological polar surface area (TPSA) is 141 Å². The largest absolute Gasteiger partial charge is 0.381 e. The van der Waals surface area contributed by atoms with E-state index >= 15 is 0 Å². The van der Waals surface area contributed by atoms with Gasteiger partial charge in [-0.2, -0.15) is 0 Å². The van der Waals surface area contributed by atoms with Crippen LogP contribution in [-0.2, 0) is 28.7 Å². The molecule has 0 spiro atoms.